The Hall–Kier alpha value is -2.56. The van der Waals surface area contributed by atoms with E-state index in [2.05, 4.69) is 95.0 Å². The predicted molar refractivity (Wildman–Crippen MR) is 140 cm³/mol. The van der Waals surface area contributed by atoms with Crippen molar-refractivity contribution < 1.29 is 0 Å². The van der Waals surface area contributed by atoms with Crippen molar-refractivity contribution in [2.75, 3.05) is 0 Å². The summed E-state index contributed by atoms with van der Waals surface area (Å²) in [4.78, 5) is 9.47. The molecule has 0 radical (unpaired) electrons. The smallest absolute Gasteiger partial charge is 0.116 e. The van der Waals surface area contributed by atoms with E-state index in [-0.39, 0.29) is 5.41 Å². The highest BCUT2D eigenvalue weighted by molar-refractivity contribution is 7.26. The fourth-order valence-corrected chi connectivity index (χ4v) is 6.79. The van der Waals surface area contributed by atoms with E-state index in [0.29, 0.717) is 0 Å². The van der Waals surface area contributed by atoms with Crippen molar-refractivity contribution in [2.24, 2.45) is 0 Å². The van der Waals surface area contributed by atoms with Crippen LogP contribution in [0.25, 0.3) is 42.3 Å². The molecule has 5 rings (SSSR count). The summed E-state index contributed by atoms with van der Waals surface area (Å²) in [6.45, 7) is 14.0. The van der Waals surface area contributed by atoms with Crippen LogP contribution in [0.4, 0.5) is 0 Å². The third-order valence-corrected chi connectivity index (χ3v) is 9.25. The summed E-state index contributed by atoms with van der Waals surface area (Å²) in [5.41, 5.74) is 4.69. The average Bonchev–Trinajstić information content (AvgIpc) is 3.09. The van der Waals surface area contributed by atoms with Crippen LogP contribution < -0.4 is 5.19 Å². The summed E-state index contributed by atoms with van der Waals surface area (Å²) < 4.78 is 2.49. The summed E-state index contributed by atoms with van der Waals surface area (Å²) in [5.74, 6) is 0. The first-order chi connectivity index (χ1) is 14.6. The number of nitrogens with zero attached hydrogens (tertiary/aromatic N) is 2. The molecule has 0 aliphatic heterocycles. The molecule has 0 aliphatic rings. The Balaban J connectivity index is 1.80. The highest BCUT2D eigenvalue weighted by atomic mass is 32.1. The van der Waals surface area contributed by atoms with Crippen LogP contribution in [-0.4, -0.2) is 18.0 Å². The van der Waals surface area contributed by atoms with Crippen molar-refractivity contribution in [1.82, 2.24) is 9.97 Å². The molecule has 2 heterocycles. The van der Waals surface area contributed by atoms with Crippen molar-refractivity contribution in [3.63, 3.8) is 0 Å². The van der Waals surface area contributed by atoms with Gasteiger partial charge in [-0.1, -0.05) is 82.0 Å². The van der Waals surface area contributed by atoms with Crippen molar-refractivity contribution in [3.05, 3.63) is 66.5 Å². The van der Waals surface area contributed by atoms with E-state index in [1.807, 2.05) is 11.3 Å². The molecule has 0 spiro atoms. The van der Waals surface area contributed by atoms with Gasteiger partial charge >= 0.3 is 0 Å². The molecule has 156 valence electrons. The Labute approximate surface area is 189 Å². The molecule has 0 amide bonds. The summed E-state index contributed by atoms with van der Waals surface area (Å²) >= 11 is 1.83. The zero-order valence-corrected chi connectivity index (χ0v) is 20.9. The average molecular weight is 441 g/mol. The molecule has 0 saturated heterocycles. The van der Waals surface area contributed by atoms with Gasteiger partial charge in [0.1, 0.15) is 6.33 Å². The molecule has 5 aromatic rings. The Morgan fingerprint density at radius 3 is 2.35 bits per heavy atom. The van der Waals surface area contributed by atoms with Crippen LogP contribution in [0.5, 0.6) is 0 Å². The molecular weight excluding hydrogens is 412 g/mol. The number of aromatic nitrogens is 2. The maximum Gasteiger partial charge on any atom is 0.116 e. The molecular formula is C27H28N2SSi. The lowest BCUT2D eigenvalue weighted by atomic mass is 9.82. The van der Waals surface area contributed by atoms with Crippen molar-refractivity contribution in [2.45, 2.75) is 45.8 Å². The van der Waals surface area contributed by atoms with E-state index in [4.69, 9.17) is 9.97 Å². The van der Waals surface area contributed by atoms with Crippen LogP contribution in [0.1, 0.15) is 26.3 Å². The van der Waals surface area contributed by atoms with Crippen molar-refractivity contribution in [3.8, 4) is 11.3 Å². The van der Waals surface area contributed by atoms with E-state index in [1.165, 1.54) is 41.9 Å². The van der Waals surface area contributed by atoms with Crippen molar-refractivity contribution >= 4 is 55.7 Å². The molecule has 31 heavy (non-hydrogen) atoms. The van der Waals surface area contributed by atoms with E-state index >= 15 is 0 Å². The fraction of sp³-hybridized carbons (Fsp3) is 0.259. The number of rotatable bonds is 2. The first kappa shape index (κ1) is 20.3. The summed E-state index contributed by atoms with van der Waals surface area (Å²) in [7, 11) is -1.37. The second-order valence-corrected chi connectivity index (χ2v) is 16.6. The maximum absolute atomic E-state index is 4.78. The topological polar surface area (TPSA) is 25.8 Å². The zero-order valence-electron chi connectivity index (χ0n) is 19.1. The summed E-state index contributed by atoms with van der Waals surface area (Å²) in [6, 6.07) is 20.2. The minimum absolute atomic E-state index is 0.0498. The van der Waals surface area contributed by atoms with Gasteiger partial charge in [-0.3, -0.25) is 0 Å². The van der Waals surface area contributed by atoms with E-state index in [9.17, 15) is 0 Å². The molecule has 3 aromatic carbocycles. The van der Waals surface area contributed by atoms with Gasteiger partial charge in [0.15, 0.2) is 0 Å². The monoisotopic (exact) mass is 440 g/mol. The first-order valence-corrected chi connectivity index (χ1v) is 15.2. The minimum atomic E-state index is -1.37. The zero-order chi connectivity index (χ0) is 22.0. The molecule has 2 nitrogen and oxygen atoms in total. The van der Waals surface area contributed by atoms with Crippen LogP contribution in [0, 0.1) is 0 Å². The Bertz CT molecular complexity index is 1450. The molecule has 2 aromatic heterocycles. The maximum atomic E-state index is 4.78. The molecule has 0 saturated carbocycles. The first-order valence-electron chi connectivity index (χ1n) is 10.8. The number of fused-ring (bicyclic) bond motifs is 4. The standard InChI is InChI=1S/C27H28N2SSi/c1-27(2,3)22-14-18(13-17-9-7-8-10-20(17)22)24-26-25(29-16-28-24)21-12-11-19(31(4,5)6)15-23(21)30-26/h7-16H,1-6H3. The van der Waals surface area contributed by atoms with E-state index in [0.717, 1.165) is 11.2 Å². The lowest BCUT2D eigenvalue weighted by Crippen LogP contribution is -2.37. The molecule has 4 heteroatoms. The van der Waals surface area contributed by atoms with Gasteiger partial charge in [-0.2, -0.15) is 0 Å². The van der Waals surface area contributed by atoms with Gasteiger partial charge < -0.3 is 0 Å². The Kier molecular flexibility index (Phi) is 4.58. The van der Waals surface area contributed by atoms with Crippen LogP contribution in [-0.2, 0) is 5.41 Å². The second kappa shape index (κ2) is 6.97. The number of thiophene rings is 1. The van der Waals surface area contributed by atoms with E-state index < -0.39 is 8.07 Å². The van der Waals surface area contributed by atoms with Crippen LogP contribution >= 0.6 is 11.3 Å². The molecule has 0 N–H and O–H groups in total. The lowest BCUT2D eigenvalue weighted by Gasteiger charge is -2.22. The van der Waals surface area contributed by atoms with Crippen molar-refractivity contribution in [1.29, 1.82) is 0 Å². The lowest BCUT2D eigenvalue weighted by molar-refractivity contribution is 0.596. The molecule has 0 fully saturated rings. The SMILES string of the molecule is CC(C)(C)c1cc(-c2ncnc3c2sc2cc([Si](C)(C)C)ccc23)cc2ccccc12. The fourth-order valence-electron chi connectivity index (χ4n) is 4.31. The van der Waals surface area contributed by atoms with Gasteiger partial charge in [0.2, 0.25) is 0 Å². The van der Waals surface area contributed by atoms with Gasteiger partial charge in [0.25, 0.3) is 0 Å². The normalized spacial score (nSPS) is 12.8. The summed E-state index contributed by atoms with van der Waals surface area (Å²) in [6.07, 6.45) is 1.72. The van der Waals surface area contributed by atoms with E-state index in [1.54, 1.807) is 6.33 Å². The van der Waals surface area contributed by atoms with Gasteiger partial charge in [-0.25, -0.2) is 9.97 Å². The number of hydrogen-bond donors (Lipinski definition) is 0. The van der Waals surface area contributed by atoms with Gasteiger partial charge in [-0.15, -0.1) is 11.3 Å². The molecule has 0 atom stereocenters. The molecule has 0 bridgehead atoms. The third-order valence-electron chi connectivity index (χ3n) is 6.06. The number of hydrogen-bond acceptors (Lipinski definition) is 3. The Morgan fingerprint density at radius 2 is 1.61 bits per heavy atom. The quantitative estimate of drug-likeness (QED) is 0.265. The molecule has 0 aliphatic carbocycles. The van der Waals surface area contributed by atoms with Gasteiger partial charge in [0.05, 0.1) is 24.0 Å². The Morgan fingerprint density at radius 1 is 0.839 bits per heavy atom. The highest BCUT2D eigenvalue weighted by Crippen LogP contribution is 2.40. The van der Waals surface area contributed by atoms with Gasteiger partial charge in [-0.05, 0) is 39.9 Å². The number of benzene rings is 3. The van der Waals surface area contributed by atoms with Crippen LogP contribution in [0.2, 0.25) is 19.6 Å². The highest BCUT2D eigenvalue weighted by Gasteiger charge is 2.21. The summed E-state index contributed by atoms with van der Waals surface area (Å²) in [5, 5.41) is 5.31. The predicted octanol–water partition coefficient (Wildman–Crippen LogP) is 7.51. The molecule has 0 unspecified atom stereocenters. The second-order valence-electron chi connectivity index (χ2n) is 10.5. The minimum Gasteiger partial charge on any atom is -0.235 e. The largest absolute Gasteiger partial charge is 0.235 e. The van der Waals surface area contributed by atoms with Crippen LogP contribution in [0.3, 0.4) is 0 Å². The van der Waals surface area contributed by atoms with Crippen LogP contribution in [0.15, 0.2) is 60.9 Å². The van der Waals surface area contributed by atoms with Gasteiger partial charge in [0, 0.05) is 15.6 Å². The third kappa shape index (κ3) is 3.48.